The van der Waals surface area contributed by atoms with Crippen LogP contribution in [0.4, 0.5) is 14.9 Å². The van der Waals surface area contributed by atoms with Crippen molar-refractivity contribution in [2.24, 2.45) is 0 Å². The summed E-state index contributed by atoms with van der Waals surface area (Å²) < 4.78 is 20.7. The molecule has 6 nitrogen and oxygen atoms in total. The van der Waals surface area contributed by atoms with E-state index in [2.05, 4.69) is 37.2 Å². The number of halogens is 4. The predicted molar refractivity (Wildman–Crippen MR) is 133 cm³/mol. The van der Waals surface area contributed by atoms with Gasteiger partial charge in [0, 0.05) is 5.56 Å². The summed E-state index contributed by atoms with van der Waals surface area (Å²) in [5.41, 5.74) is 0.771. The number of imide groups is 2. The summed E-state index contributed by atoms with van der Waals surface area (Å²) in [6.45, 7) is 0.000107. The third-order valence-corrected chi connectivity index (χ3v) is 6.35. The van der Waals surface area contributed by atoms with Gasteiger partial charge in [0.25, 0.3) is 11.8 Å². The van der Waals surface area contributed by atoms with Crippen molar-refractivity contribution >= 4 is 73.1 Å². The number of para-hydroxylation sites is 1. The number of nitrogens with zero attached hydrogens (tertiary/aromatic N) is 1. The number of carbonyl (C=O) groups is 3. The van der Waals surface area contributed by atoms with E-state index in [9.17, 15) is 18.8 Å². The molecular formula is C24H14Br2ClFN2O4. The Kier molecular flexibility index (Phi) is 7.16. The van der Waals surface area contributed by atoms with Gasteiger partial charge in [0.2, 0.25) is 0 Å². The van der Waals surface area contributed by atoms with Crippen LogP contribution in [0.15, 0.2) is 75.2 Å². The zero-order chi connectivity index (χ0) is 24.4. The minimum absolute atomic E-state index is 0.000107. The molecule has 0 unspecified atom stereocenters. The number of hydrogen-bond acceptors (Lipinski definition) is 4. The van der Waals surface area contributed by atoms with E-state index in [1.165, 1.54) is 24.3 Å². The van der Waals surface area contributed by atoms with E-state index in [4.69, 9.17) is 16.3 Å². The molecule has 0 atom stereocenters. The molecule has 3 aromatic carbocycles. The van der Waals surface area contributed by atoms with E-state index < -0.39 is 17.8 Å². The van der Waals surface area contributed by atoms with E-state index in [1.807, 2.05) is 0 Å². The summed E-state index contributed by atoms with van der Waals surface area (Å²) in [4.78, 5) is 38.7. The molecule has 34 heavy (non-hydrogen) atoms. The van der Waals surface area contributed by atoms with Gasteiger partial charge in [0.05, 0.1) is 19.7 Å². The third-order valence-electron chi connectivity index (χ3n) is 4.86. The van der Waals surface area contributed by atoms with E-state index in [0.29, 0.717) is 25.8 Å². The highest BCUT2D eigenvalue weighted by Crippen LogP contribution is 2.36. The number of rotatable bonds is 5. The van der Waals surface area contributed by atoms with Crippen LogP contribution in [0.5, 0.6) is 5.75 Å². The maximum atomic E-state index is 13.9. The molecule has 1 aliphatic rings. The number of barbiturate groups is 1. The minimum Gasteiger partial charge on any atom is -0.486 e. The summed E-state index contributed by atoms with van der Waals surface area (Å²) in [6, 6.07) is 15.0. The first-order valence-electron chi connectivity index (χ1n) is 9.77. The minimum atomic E-state index is -0.889. The maximum Gasteiger partial charge on any atom is 0.335 e. The Bertz CT molecular complexity index is 1340. The van der Waals surface area contributed by atoms with Crippen molar-refractivity contribution in [2.75, 3.05) is 4.90 Å². The fraction of sp³-hybridized carbons (Fsp3) is 0.0417. The molecule has 10 heteroatoms. The van der Waals surface area contributed by atoms with Crippen LogP contribution in [-0.2, 0) is 16.2 Å². The number of anilines is 1. The Labute approximate surface area is 215 Å². The van der Waals surface area contributed by atoms with Crippen molar-refractivity contribution in [2.45, 2.75) is 6.61 Å². The molecule has 0 spiro atoms. The fourth-order valence-corrected chi connectivity index (χ4v) is 4.91. The first kappa shape index (κ1) is 24.1. The molecule has 0 aliphatic carbocycles. The Morgan fingerprint density at radius 1 is 1.00 bits per heavy atom. The van der Waals surface area contributed by atoms with Crippen LogP contribution < -0.4 is 15.0 Å². The molecule has 0 bridgehead atoms. The summed E-state index contributed by atoms with van der Waals surface area (Å²) in [5, 5.41) is 2.34. The average Bonchev–Trinajstić information content (AvgIpc) is 2.78. The Morgan fingerprint density at radius 2 is 1.65 bits per heavy atom. The second-order valence-corrected chi connectivity index (χ2v) is 9.22. The molecule has 1 heterocycles. The van der Waals surface area contributed by atoms with Crippen molar-refractivity contribution in [3.05, 3.63) is 97.1 Å². The standard InChI is InChI=1S/C24H14Br2ClFN2O4/c25-16-10-13(11-17(26)21(16)34-12-14-5-1-3-7-19(14)28)9-15-22(31)29-24(33)30(23(15)32)20-8-4-2-6-18(20)27/h1-11H,12H2,(H,29,31,33)/b15-9+. The largest absolute Gasteiger partial charge is 0.486 e. The normalized spacial score (nSPS) is 15.0. The van der Waals surface area contributed by atoms with E-state index >= 15 is 0 Å². The number of urea groups is 1. The molecule has 4 amide bonds. The van der Waals surface area contributed by atoms with Gasteiger partial charge < -0.3 is 4.74 Å². The molecule has 1 saturated heterocycles. The van der Waals surface area contributed by atoms with Crippen molar-refractivity contribution in [1.82, 2.24) is 5.32 Å². The highest BCUT2D eigenvalue weighted by atomic mass is 79.9. The summed E-state index contributed by atoms with van der Waals surface area (Å²) >= 11 is 13.0. The molecule has 1 aliphatic heterocycles. The molecule has 0 saturated carbocycles. The molecule has 172 valence electrons. The van der Waals surface area contributed by atoms with Gasteiger partial charge in [-0.25, -0.2) is 14.1 Å². The average molecular weight is 609 g/mol. The molecule has 4 rings (SSSR count). The Hall–Kier alpha value is -3.01. The quantitative estimate of drug-likeness (QED) is 0.275. The molecule has 0 aromatic heterocycles. The zero-order valence-electron chi connectivity index (χ0n) is 17.2. The van der Waals surface area contributed by atoms with Crippen molar-refractivity contribution in [1.29, 1.82) is 0 Å². The van der Waals surface area contributed by atoms with Gasteiger partial charge in [-0.3, -0.25) is 14.9 Å². The summed E-state index contributed by atoms with van der Waals surface area (Å²) in [6.07, 6.45) is 1.35. The van der Waals surface area contributed by atoms with Gasteiger partial charge in [-0.05, 0) is 73.8 Å². The van der Waals surface area contributed by atoms with Crippen molar-refractivity contribution < 1.29 is 23.5 Å². The monoisotopic (exact) mass is 606 g/mol. The van der Waals surface area contributed by atoms with Gasteiger partial charge >= 0.3 is 6.03 Å². The number of ether oxygens (including phenoxy) is 1. The molecule has 1 fully saturated rings. The molecule has 3 aromatic rings. The molecule has 0 radical (unpaired) electrons. The highest BCUT2D eigenvalue weighted by Gasteiger charge is 2.37. The number of benzene rings is 3. The third kappa shape index (κ3) is 4.91. The lowest BCUT2D eigenvalue weighted by atomic mass is 10.1. The first-order valence-corrected chi connectivity index (χ1v) is 11.7. The lowest BCUT2D eigenvalue weighted by Gasteiger charge is -2.27. The first-order chi connectivity index (χ1) is 16.3. The van der Waals surface area contributed by atoms with Crippen LogP contribution >= 0.6 is 43.5 Å². The number of carbonyl (C=O) groups excluding carboxylic acids is 3. The van der Waals surface area contributed by atoms with Crippen LogP contribution in [0.25, 0.3) is 6.08 Å². The lowest BCUT2D eigenvalue weighted by molar-refractivity contribution is -0.122. The second kappa shape index (κ2) is 10.1. The predicted octanol–water partition coefficient (Wildman–Crippen LogP) is 6.25. The fourth-order valence-electron chi connectivity index (χ4n) is 3.24. The summed E-state index contributed by atoms with van der Waals surface area (Å²) in [5.74, 6) is -1.60. The maximum absolute atomic E-state index is 13.9. The van der Waals surface area contributed by atoms with Crippen LogP contribution in [-0.4, -0.2) is 17.8 Å². The number of hydrogen-bond donors (Lipinski definition) is 1. The van der Waals surface area contributed by atoms with Crippen LogP contribution in [0.2, 0.25) is 5.02 Å². The topological polar surface area (TPSA) is 75.7 Å². The second-order valence-electron chi connectivity index (χ2n) is 7.10. The number of nitrogens with one attached hydrogen (secondary N) is 1. The van der Waals surface area contributed by atoms with Gasteiger partial charge in [0.1, 0.15) is 23.7 Å². The van der Waals surface area contributed by atoms with Crippen LogP contribution in [0.1, 0.15) is 11.1 Å². The van der Waals surface area contributed by atoms with Gasteiger partial charge in [-0.2, -0.15) is 0 Å². The zero-order valence-corrected chi connectivity index (χ0v) is 21.1. The summed E-state index contributed by atoms with van der Waals surface area (Å²) in [7, 11) is 0. The van der Waals surface area contributed by atoms with E-state index in [-0.39, 0.29) is 28.7 Å². The lowest BCUT2D eigenvalue weighted by Crippen LogP contribution is -2.54. The van der Waals surface area contributed by atoms with E-state index in [0.717, 1.165) is 4.90 Å². The molecular weight excluding hydrogens is 595 g/mol. The smallest absolute Gasteiger partial charge is 0.335 e. The van der Waals surface area contributed by atoms with Crippen molar-refractivity contribution in [3.8, 4) is 5.75 Å². The number of amides is 4. The SMILES string of the molecule is O=C1NC(=O)N(c2ccccc2Cl)C(=O)/C1=C/c1cc(Br)c(OCc2ccccc2F)c(Br)c1. The highest BCUT2D eigenvalue weighted by molar-refractivity contribution is 9.11. The Balaban J connectivity index is 1.63. The van der Waals surface area contributed by atoms with Crippen LogP contribution in [0, 0.1) is 5.82 Å². The van der Waals surface area contributed by atoms with E-state index in [1.54, 1.807) is 42.5 Å². The van der Waals surface area contributed by atoms with Gasteiger partial charge in [-0.15, -0.1) is 0 Å². The van der Waals surface area contributed by atoms with Gasteiger partial charge in [0.15, 0.2) is 0 Å². The van der Waals surface area contributed by atoms with Crippen molar-refractivity contribution in [3.63, 3.8) is 0 Å². The Morgan fingerprint density at radius 3 is 2.32 bits per heavy atom. The van der Waals surface area contributed by atoms with Crippen LogP contribution in [0.3, 0.4) is 0 Å². The molecule has 1 N–H and O–H groups in total. The van der Waals surface area contributed by atoms with Gasteiger partial charge in [-0.1, -0.05) is 41.9 Å².